The Morgan fingerprint density at radius 2 is 1.58 bits per heavy atom. The van der Waals surface area contributed by atoms with E-state index in [1.807, 2.05) is 36.4 Å². The van der Waals surface area contributed by atoms with E-state index in [1.165, 1.54) is 11.8 Å². The Hall–Kier alpha value is -1.56. The molecular weight excluding hydrogens is 340 g/mol. The molecule has 3 atom stereocenters. The fraction of sp³-hybridized carbons (Fsp3) is 0.263. The van der Waals surface area contributed by atoms with Crippen LogP contribution < -0.4 is 0 Å². The number of benzene rings is 2. The lowest BCUT2D eigenvalue weighted by molar-refractivity contribution is 0.115. The predicted molar refractivity (Wildman–Crippen MR) is 97.6 cm³/mol. The van der Waals surface area contributed by atoms with E-state index < -0.39 is 21.2 Å². The summed E-state index contributed by atoms with van der Waals surface area (Å²) in [6.45, 7) is 1.80. The van der Waals surface area contributed by atoms with Crippen LogP contribution in [0.3, 0.4) is 0 Å². The Labute approximate surface area is 147 Å². The fourth-order valence-corrected chi connectivity index (χ4v) is 5.96. The van der Waals surface area contributed by atoms with E-state index in [1.54, 1.807) is 37.3 Å². The molecule has 0 saturated heterocycles. The van der Waals surface area contributed by atoms with E-state index in [-0.39, 0.29) is 5.92 Å². The van der Waals surface area contributed by atoms with E-state index >= 15 is 0 Å². The fourth-order valence-electron chi connectivity index (χ4n) is 2.87. The highest BCUT2D eigenvalue weighted by molar-refractivity contribution is 8.03. The molecule has 1 aliphatic carbocycles. The lowest BCUT2D eigenvalue weighted by Crippen LogP contribution is -2.37. The minimum Gasteiger partial charge on any atom is -0.392 e. The zero-order valence-corrected chi connectivity index (χ0v) is 15.0. The number of aliphatic hydroxyl groups is 1. The van der Waals surface area contributed by atoms with Crippen molar-refractivity contribution in [2.75, 3.05) is 0 Å². The zero-order valence-electron chi connectivity index (χ0n) is 13.4. The third-order valence-electron chi connectivity index (χ3n) is 4.31. The summed E-state index contributed by atoms with van der Waals surface area (Å²) < 4.78 is 26.0. The molecule has 0 aromatic heterocycles. The number of aliphatic hydroxyl groups excluding tert-OH is 1. The molecule has 0 heterocycles. The second-order valence-corrected chi connectivity index (χ2v) is 9.31. The second kappa shape index (κ2) is 7.13. The van der Waals surface area contributed by atoms with Gasteiger partial charge in [0.1, 0.15) is 0 Å². The first-order valence-corrected chi connectivity index (χ1v) is 10.3. The first-order valence-electron chi connectivity index (χ1n) is 7.89. The number of hydrogen-bond acceptors (Lipinski definition) is 4. The molecule has 3 nitrogen and oxygen atoms in total. The van der Waals surface area contributed by atoms with Crippen LogP contribution in [0, 0.1) is 5.92 Å². The first kappa shape index (κ1) is 17.3. The van der Waals surface area contributed by atoms with Crippen molar-refractivity contribution in [1.29, 1.82) is 0 Å². The number of hydrogen-bond donors (Lipinski definition) is 1. The van der Waals surface area contributed by atoms with Gasteiger partial charge < -0.3 is 5.11 Å². The van der Waals surface area contributed by atoms with Gasteiger partial charge in [-0.2, -0.15) is 0 Å². The molecule has 2 aromatic rings. The SMILES string of the molecule is C[C@H]1C(S(=O)(=O)c2ccccc2)C=C(Sc2ccccc2)C[C@H]1O. The van der Waals surface area contributed by atoms with Gasteiger partial charge in [0.2, 0.25) is 0 Å². The number of rotatable bonds is 4. The summed E-state index contributed by atoms with van der Waals surface area (Å²) in [6, 6.07) is 18.3. The Morgan fingerprint density at radius 3 is 2.21 bits per heavy atom. The van der Waals surface area contributed by atoms with Gasteiger partial charge in [0.25, 0.3) is 0 Å². The number of thioether (sulfide) groups is 1. The molecule has 0 spiro atoms. The quantitative estimate of drug-likeness (QED) is 0.898. The second-order valence-electron chi connectivity index (χ2n) is 6.00. The van der Waals surface area contributed by atoms with Gasteiger partial charge in [0, 0.05) is 17.2 Å². The molecule has 0 fully saturated rings. The van der Waals surface area contributed by atoms with Crippen LogP contribution in [0.5, 0.6) is 0 Å². The summed E-state index contributed by atoms with van der Waals surface area (Å²) in [6.07, 6.45) is 1.64. The number of sulfone groups is 1. The van der Waals surface area contributed by atoms with Crippen molar-refractivity contribution in [2.24, 2.45) is 5.92 Å². The Morgan fingerprint density at radius 1 is 1.00 bits per heavy atom. The third kappa shape index (κ3) is 3.58. The van der Waals surface area contributed by atoms with Crippen LogP contribution in [0.1, 0.15) is 13.3 Å². The molecular formula is C19H20O3S2. The van der Waals surface area contributed by atoms with Crippen LogP contribution in [-0.2, 0) is 9.84 Å². The van der Waals surface area contributed by atoms with Crippen LogP contribution >= 0.6 is 11.8 Å². The molecule has 0 radical (unpaired) electrons. The predicted octanol–water partition coefficient (Wildman–Crippen LogP) is 3.91. The molecule has 24 heavy (non-hydrogen) atoms. The molecule has 1 N–H and O–H groups in total. The van der Waals surface area contributed by atoms with Crippen molar-refractivity contribution < 1.29 is 13.5 Å². The van der Waals surface area contributed by atoms with Gasteiger partial charge in [0.15, 0.2) is 9.84 Å². The molecule has 0 aliphatic heterocycles. The molecule has 0 saturated carbocycles. The molecule has 126 valence electrons. The maximum atomic E-state index is 13.0. The van der Waals surface area contributed by atoms with Crippen molar-refractivity contribution in [2.45, 2.75) is 34.5 Å². The van der Waals surface area contributed by atoms with Crippen LogP contribution in [0.4, 0.5) is 0 Å². The molecule has 0 bridgehead atoms. The van der Waals surface area contributed by atoms with Crippen molar-refractivity contribution in [3.63, 3.8) is 0 Å². The van der Waals surface area contributed by atoms with Gasteiger partial charge >= 0.3 is 0 Å². The summed E-state index contributed by atoms with van der Waals surface area (Å²) >= 11 is 1.52. The highest BCUT2D eigenvalue weighted by Gasteiger charge is 2.38. The standard InChI is InChI=1S/C19H20O3S2/c1-14-18(20)12-16(23-15-8-4-2-5-9-15)13-19(14)24(21,22)17-10-6-3-7-11-17/h2-11,13-14,18-20H,12H2,1H3/t14-,18-,19?/m1/s1. The molecule has 1 unspecified atom stereocenters. The highest BCUT2D eigenvalue weighted by atomic mass is 32.2. The van der Waals surface area contributed by atoms with Gasteiger partial charge in [-0.1, -0.05) is 61.2 Å². The van der Waals surface area contributed by atoms with Crippen LogP contribution in [0.2, 0.25) is 0 Å². The minimum absolute atomic E-state index is 0.302. The van der Waals surface area contributed by atoms with Crippen molar-refractivity contribution in [3.8, 4) is 0 Å². The van der Waals surface area contributed by atoms with Gasteiger partial charge in [-0.3, -0.25) is 0 Å². The summed E-state index contributed by atoms with van der Waals surface area (Å²) in [5.74, 6) is -0.338. The van der Waals surface area contributed by atoms with Gasteiger partial charge in [0.05, 0.1) is 16.2 Å². The van der Waals surface area contributed by atoms with Crippen LogP contribution in [0.25, 0.3) is 0 Å². The molecule has 5 heteroatoms. The van der Waals surface area contributed by atoms with Gasteiger partial charge in [-0.25, -0.2) is 8.42 Å². The smallest absolute Gasteiger partial charge is 0.185 e. The largest absolute Gasteiger partial charge is 0.392 e. The summed E-state index contributed by atoms with van der Waals surface area (Å²) in [5, 5.41) is 9.68. The Kier molecular flexibility index (Phi) is 5.13. The highest BCUT2D eigenvalue weighted by Crippen LogP contribution is 2.39. The monoisotopic (exact) mass is 360 g/mol. The average molecular weight is 361 g/mol. The van der Waals surface area contributed by atoms with Crippen LogP contribution in [0.15, 0.2) is 81.4 Å². The summed E-state index contributed by atoms with van der Waals surface area (Å²) in [5.41, 5.74) is 0. The third-order valence-corrected chi connectivity index (χ3v) is 7.59. The summed E-state index contributed by atoms with van der Waals surface area (Å²) in [4.78, 5) is 2.24. The van der Waals surface area contributed by atoms with Crippen LogP contribution in [-0.4, -0.2) is 24.9 Å². The summed E-state index contributed by atoms with van der Waals surface area (Å²) in [7, 11) is -3.52. The zero-order chi connectivity index (χ0) is 17.2. The lowest BCUT2D eigenvalue weighted by Gasteiger charge is -2.31. The molecule has 0 amide bonds. The van der Waals surface area contributed by atoms with E-state index in [0.717, 1.165) is 9.80 Å². The van der Waals surface area contributed by atoms with Crippen molar-refractivity contribution >= 4 is 21.6 Å². The average Bonchev–Trinajstić information content (AvgIpc) is 2.59. The normalized spacial score (nSPS) is 24.4. The molecule has 3 rings (SSSR count). The molecule has 1 aliphatic rings. The molecule has 2 aromatic carbocycles. The van der Waals surface area contributed by atoms with E-state index in [0.29, 0.717) is 11.3 Å². The van der Waals surface area contributed by atoms with Gasteiger partial charge in [-0.05, 0) is 29.2 Å². The van der Waals surface area contributed by atoms with Crippen molar-refractivity contribution in [1.82, 2.24) is 0 Å². The maximum Gasteiger partial charge on any atom is 0.185 e. The van der Waals surface area contributed by atoms with E-state index in [4.69, 9.17) is 0 Å². The minimum atomic E-state index is -3.52. The lowest BCUT2D eigenvalue weighted by atomic mass is 9.92. The van der Waals surface area contributed by atoms with E-state index in [9.17, 15) is 13.5 Å². The van der Waals surface area contributed by atoms with Crippen molar-refractivity contribution in [3.05, 3.63) is 71.6 Å². The van der Waals surface area contributed by atoms with Gasteiger partial charge in [-0.15, -0.1) is 0 Å². The Bertz CT molecular complexity index is 814. The topological polar surface area (TPSA) is 54.4 Å². The van der Waals surface area contributed by atoms with E-state index in [2.05, 4.69) is 0 Å². The maximum absolute atomic E-state index is 13.0. The Balaban J connectivity index is 1.94. The first-order chi connectivity index (χ1) is 11.5.